The van der Waals surface area contributed by atoms with Crippen molar-refractivity contribution in [3.8, 4) is 5.75 Å². The minimum Gasteiger partial charge on any atom is -0.496 e. The number of piperidine rings is 1. The van der Waals surface area contributed by atoms with Crippen LogP contribution in [-0.2, 0) is 15.1 Å². The van der Waals surface area contributed by atoms with E-state index in [1.165, 1.54) is 4.90 Å². The molecular formula is C23H33N3O5. The third kappa shape index (κ3) is 4.34. The van der Waals surface area contributed by atoms with E-state index in [2.05, 4.69) is 5.32 Å². The van der Waals surface area contributed by atoms with Gasteiger partial charge in [-0.15, -0.1) is 0 Å². The zero-order valence-electron chi connectivity index (χ0n) is 19.3. The van der Waals surface area contributed by atoms with Crippen LogP contribution in [0.4, 0.5) is 9.59 Å². The molecule has 0 aliphatic carbocycles. The predicted octanol–water partition coefficient (Wildman–Crippen LogP) is 3.56. The Balaban J connectivity index is 1.76. The Bertz CT molecular complexity index is 870. The van der Waals surface area contributed by atoms with Crippen molar-refractivity contribution in [2.24, 2.45) is 0 Å². The Kier molecular flexibility index (Phi) is 6.21. The van der Waals surface area contributed by atoms with Gasteiger partial charge in [-0.2, -0.15) is 0 Å². The Morgan fingerprint density at radius 3 is 2.39 bits per heavy atom. The van der Waals surface area contributed by atoms with E-state index in [9.17, 15) is 14.4 Å². The Morgan fingerprint density at radius 2 is 1.87 bits per heavy atom. The summed E-state index contributed by atoms with van der Waals surface area (Å²) in [5.41, 5.74) is 0.00571. The molecule has 0 spiro atoms. The lowest BCUT2D eigenvalue weighted by atomic mass is 9.85. The highest BCUT2D eigenvalue weighted by atomic mass is 16.6. The van der Waals surface area contributed by atoms with Gasteiger partial charge in [-0.3, -0.25) is 9.69 Å². The number of ether oxygens (including phenoxy) is 2. The van der Waals surface area contributed by atoms with Crippen LogP contribution in [0.1, 0.15) is 58.1 Å². The molecule has 8 nitrogen and oxygen atoms in total. The summed E-state index contributed by atoms with van der Waals surface area (Å²) in [6.07, 6.45) is 1.13. The molecule has 1 N–H and O–H groups in total. The van der Waals surface area contributed by atoms with Crippen molar-refractivity contribution in [1.29, 1.82) is 0 Å². The molecule has 1 atom stereocenters. The fourth-order valence-electron chi connectivity index (χ4n) is 4.34. The molecule has 31 heavy (non-hydrogen) atoms. The van der Waals surface area contributed by atoms with Crippen molar-refractivity contribution in [3.05, 3.63) is 29.3 Å². The molecule has 2 aliphatic heterocycles. The van der Waals surface area contributed by atoms with Gasteiger partial charge >= 0.3 is 12.1 Å². The maximum Gasteiger partial charge on any atom is 0.410 e. The first kappa shape index (κ1) is 22.9. The van der Waals surface area contributed by atoms with Gasteiger partial charge in [-0.05, 0) is 70.2 Å². The summed E-state index contributed by atoms with van der Waals surface area (Å²) < 4.78 is 10.8. The number of hydrogen-bond acceptors (Lipinski definition) is 5. The molecule has 0 bridgehead atoms. The summed E-state index contributed by atoms with van der Waals surface area (Å²) in [5, 5.41) is 2.95. The smallest absolute Gasteiger partial charge is 0.410 e. The summed E-state index contributed by atoms with van der Waals surface area (Å²) in [6, 6.07) is 4.93. The number of benzene rings is 1. The molecule has 2 saturated heterocycles. The fourth-order valence-corrected chi connectivity index (χ4v) is 4.34. The van der Waals surface area contributed by atoms with Gasteiger partial charge in [0.1, 0.15) is 16.9 Å². The molecule has 2 fully saturated rings. The highest BCUT2D eigenvalue weighted by Gasteiger charge is 2.53. The highest BCUT2D eigenvalue weighted by Crippen LogP contribution is 2.36. The van der Waals surface area contributed by atoms with Crippen LogP contribution in [0.3, 0.4) is 0 Å². The van der Waals surface area contributed by atoms with Gasteiger partial charge in [-0.25, -0.2) is 9.59 Å². The largest absolute Gasteiger partial charge is 0.496 e. The normalized spacial score (nSPS) is 22.5. The van der Waals surface area contributed by atoms with Crippen LogP contribution in [0.5, 0.6) is 5.75 Å². The predicted molar refractivity (Wildman–Crippen MR) is 116 cm³/mol. The van der Waals surface area contributed by atoms with Crippen molar-refractivity contribution in [2.45, 2.75) is 71.1 Å². The van der Waals surface area contributed by atoms with E-state index in [0.29, 0.717) is 32.4 Å². The maximum absolute atomic E-state index is 13.5. The van der Waals surface area contributed by atoms with Gasteiger partial charge in [0, 0.05) is 19.1 Å². The summed E-state index contributed by atoms with van der Waals surface area (Å²) >= 11 is 0. The van der Waals surface area contributed by atoms with Crippen LogP contribution >= 0.6 is 0 Å². The molecule has 170 valence electrons. The highest BCUT2D eigenvalue weighted by molar-refractivity contribution is 6.07. The van der Waals surface area contributed by atoms with Gasteiger partial charge in [0.25, 0.3) is 5.91 Å². The molecule has 0 aromatic heterocycles. The van der Waals surface area contributed by atoms with E-state index < -0.39 is 11.1 Å². The number of urea groups is 1. The van der Waals surface area contributed by atoms with Gasteiger partial charge in [0.05, 0.1) is 7.11 Å². The summed E-state index contributed by atoms with van der Waals surface area (Å²) in [5.74, 6) is 0.499. The van der Waals surface area contributed by atoms with Crippen molar-refractivity contribution >= 4 is 18.0 Å². The van der Waals surface area contributed by atoms with E-state index >= 15 is 0 Å². The van der Waals surface area contributed by atoms with Gasteiger partial charge < -0.3 is 19.7 Å². The Labute approximate surface area is 183 Å². The van der Waals surface area contributed by atoms with E-state index in [1.54, 1.807) is 12.0 Å². The summed E-state index contributed by atoms with van der Waals surface area (Å²) in [7, 11) is 1.60. The molecule has 3 rings (SSSR count). The number of aryl methyl sites for hydroxylation is 1. The number of nitrogens with one attached hydrogen (secondary N) is 1. The fraction of sp³-hybridized carbons (Fsp3) is 0.609. The number of nitrogens with zero attached hydrogens (tertiary/aromatic N) is 2. The monoisotopic (exact) mass is 431 g/mol. The second kappa shape index (κ2) is 8.40. The van der Waals surface area contributed by atoms with Crippen LogP contribution < -0.4 is 10.1 Å². The average Bonchev–Trinajstić information content (AvgIpc) is 2.97. The second-order valence-electron chi connectivity index (χ2n) is 9.25. The van der Waals surface area contributed by atoms with Crippen molar-refractivity contribution < 1.29 is 23.9 Å². The molecule has 2 aliphatic rings. The molecule has 2 heterocycles. The van der Waals surface area contributed by atoms with Crippen LogP contribution in [0, 0.1) is 6.92 Å². The summed E-state index contributed by atoms with van der Waals surface area (Å²) in [4.78, 5) is 41.8. The first-order valence-corrected chi connectivity index (χ1v) is 10.8. The van der Waals surface area contributed by atoms with Crippen molar-refractivity contribution in [2.75, 3.05) is 20.2 Å². The van der Waals surface area contributed by atoms with Crippen molar-refractivity contribution in [1.82, 2.24) is 15.1 Å². The minimum atomic E-state index is -1.09. The first-order chi connectivity index (χ1) is 14.5. The third-order valence-electron chi connectivity index (χ3n) is 6.02. The van der Waals surface area contributed by atoms with Crippen molar-refractivity contribution in [3.63, 3.8) is 0 Å². The minimum absolute atomic E-state index is 0.236. The number of carbonyl (C=O) groups is 3. The SMILES string of the molecule is CCC1(c2ccc(OC)c(C)c2)NC(=O)N(C2CCN(C(=O)OC(C)(C)C)CC2)C1=O. The lowest BCUT2D eigenvalue weighted by Gasteiger charge is -2.36. The number of likely N-dealkylation sites (tertiary alicyclic amines) is 1. The Morgan fingerprint density at radius 1 is 1.23 bits per heavy atom. The third-order valence-corrected chi connectivity index (χ3v) is 6.02. The molecule has 8 heteroatoms. The number of amides is 4. The molecule has 1 unspecified atom stereocenters. The number of carbonyl (C=O) groups excluding carboxylic acids is 3. The Hall–Kier alpha value is -2.77. The average molecular weight is 432 g/mol. The van der Waals surface area contributed by atoms with Gasteiger partial charge in [0.2, 0.25) is 0 Å². The van der Waals surface area contributed by atoms with E-state index in [-0.39, 0.29) is 24.1 Å². The first-order valence-electron chi connectivity index (χ1n) is 10.8. The van der Waals surface area contributed by atoms with Gasteiger partial charge in [-0.1, -0.05) is 13.0 Å². The number of methoxy groups -OCH3 is 1. The molecule has 4 amide bonds. The van der Waals surface area contributed by atoms with Crippen LogP contribution in [0.15, 0.2) is 18.2 Å². The zero-order valence-corrected chi connectivity index (χ0v) is 19.3. The molecular weight excluding hydrogens is 398 g/mol. The molecule has 1 aromatic carbocycles. The lowest BCUT2D eigenvalue weighted by molar-refractivity contribution is -0.134. The van der Waals surface area contributed by atoms with Crippen LogP contribution in [0.25, 0.3) is 0 Å². The second-order valence-corrected chi connectivity index (χ2v) is 9.25. The standard InChI is InChI=1S/C23H33N3O5/c1-7-23(16-8-9-18(30-6)15(2)14-16)19(27)26(20(28)24-23)17-10-12-25(13-11-17)21(29)31-22(3,4)5/h8-9,14,17H,7,10-13H2,1-6H3,(H,24,28). The number of hydrogen-bond donors (Lipinski definition) is 1. The molecule has 1 aromatic rings. The topological polar surface area (TPSA) is 88.2 Å². The van der Waals surface area contributed by atoms with Gasteiger partial charge in [0.15, 0.2) is 0 Å². The summed E-state index contributed by atoms with van der Waals surface area (Å²) in [6.45, 7) is 10.2. The van der Waals surface area contributed by atoms with Crippen LogP contribution in [0.2, 0.25) is 0 Å². The lowest BCUT2D eigenvalue weighted by Crippen LogP contribution is -2.50. The van der Waals surface area contributed by atoms with E-state index in [4.69, 9.17) is 9.47 Å². The van der Waals surface area contributed by atoms with E-state index in [1.807, 2.05) is 52.8 Å². The number of imide groups is 1. The van der Waals surface area contributed by atoms with E-state index in [0.717, 1.165) is 16.9 Å². The molecule has 0 radical (unpaired) electrons. The quantitative estimate of drug-likeness (QED) is 0.737. The van der Waals surface area contributed by atoms with Crippen LogP contribution in [-0.4, -0.2) is 59.7 Å². The molecule has 0 saturated carbocycles. The number of rotatable bonds is 4. The maximum atomic E-state index is 13.5. The zero-order chi connectivity index (χ0) is 23.0.